The minimum Gasteiger partial charge on any atom is -0.444 e. The highest BCUT2D eigenvalue weighted by Crippen LogP contribution is 2.24. The van der Waals surface area contributed by atoms with Crippen molar-refractivity contribution in [1.29, 1.82) is 0 Å². The molecule has 0 heterocycles. The van der Waals surface area contributed by atoms with Crippen LogP contribution < -0.4 is 10.6 Å². The van der Waals surface area contributed by atoms with Gasteiger partial charge in [0.1, 0.15) is 5.60 Å². The van der Waals surface area contributed by atoms with E-state index in [4.69, 9.17) is 9.47 Å². The normalized spacial score (nSPS) is 22.7. The Morgan fingerprint density at radius 2 is 1.78 bits per heavy atom. The fraction of sp³-hybridized carbons (Fsp3) is 0.944. The number of amides is 1. The molecular formula is C18H36N2O3. The third kappa shape index (κ3) is 8.56. The van der Waals surface area contributed by atoms with E-state index in [9.17, 15) is 4.79 Å². The van der Waals surface area contributed by atoms with E-state index in [2.05, 4.69) is 24.5 Å². The number of hydrogen-bond donors (Lipinski definition) is 2. The van der Waals surface area contributed by atoms with Gasteiger partial charge in [-0.1, -0.05) is 12.8 Å². The van der Waals surface area contributed by atoms with Gasteiger partial charge in [0, 0.05) is 25.7 Å². The quantitative estimate of drug-likeness (QED) is 0.751. The van der Waals surface area contributed by atoms with Crippen LogP contribution in [-0.2, 0) is 9.47 Å². The fourth-order valence-corrected chi connectivity index (χ4v) is 3.07. The van der Waals surface area contributed by atoms with Crippen LogP contribution >= 0.6 is 0 Å². The van der Waals surface area contributed by atoms with Gasteiger partial charge in [-0.25, -0.2) is 4.79 Å². The molecule has 1 amide bonds. The first kappa shape index (κ1) is 20.2. The van der Waals surface area contributed by atoms with Crippen molar-refractivity contribution in [2.24, 2.45) is 5.92 Å². The molecule has 1 aliphatic rings. The van der Waals surface area contributed by atoms with Gasteiger partial charge in [-0.05, 0) is 60.3 Å². The molecule has 5 heteroatoms. The van der Waals surface area contributed by atoms with E-state index in [1.807, 2.05) is 27.7 Å². The van der Waals surface area contributed by atoms with Crippen LogP contribution in [0.3, 0.4) is 0 Å². The van der Waals surface area contributed by atoms with E-state index in [-0.39, 0.29) is 11.7 Å². The highest BCUT2D eigenvalue weighted by molar-refractivity contribution is 5.67. The number of nitrogens with one attached hydrogen (secondary N) is 2. The van der Waals surface area contributed by atoms with Gasteiger partial charge in [0.2, 0.25) is 0 Å². The molecule has 0 bridgehead atoms. The van der Waals surface area contributed by atoms with Crippen LogP contribution in [0.25, 0.3) is 0 Å². The molecule has 2 N–H and O–H groups in total. The first-order valence-corrected chi connectivity index (χ1v) is 8.97. The van der Waals surface area contributed by atoms with Crippen molar-refractivity contribution in [1.82, 2.24) is 10.6 Å². The Hall–Kier alpha value is -0.810. The zero-order valence-electron chi connectivity index (χ0n) is 15.8. The molecule has 0 spiro atoms. The van der Waals surface area contributed by atoms with E-state index in [1.165, 1.54) is 12.8 Å². The Labute approximate surface area is 141 Å². The summed E-state index contributed by atoms with van der Waals surface area (Å²) in [6.07, 6.45) is 4.45. The van der Waals surface area contributed by atoms with E-state index in [1.54, 1.807) is 0 Å². The van der Waals surface area contributed by atoms with Crippen LogP contribution in [0.5, 0.6) is 0 Å². The molecule has 1 rings (SSSR count). The first-order valence-electron chi connectivity index (χ1n) is 8.97. The lowest BCUT2D eigenvalue weighted by Gasteiger charge is -2.35. The average Bonchev–Trinajstić information content (AvgIpc) is 2.42. The van der Waals surface area contributed by atoms with Crippen molar-refractivity contribution >= 4 is 6.09 Å². The number of hydrogen-bond acceptors (Lipinski definition) is 4. The summed E-state index contributed by atoms with van der Waals surface area (Å²) < 4.78 is 11.1. The molecule has 1 aliphatic carbocycles. The van der Waals surface area contributed by atoms with Gasteiger partial charge >= 0.3 is 6.09 Å². The van der Waals surface area contributed by atoms with Gasteiger partial charge < -0.3 is 20.1 Å². The van der Waals surface area contributed by atoms with Crippen LogP contribution in [0.2, 0.25) is 0 Å². The van der Waals surface area contributed by atoms with Crippen LogP contribution in [-0.4, -0.2) is 43.0 Å². The lowest BCUT2D eigenvalue weighted by molar-refractivity contribution is -0.0129. The Morgan fingerprint density at radius 1 is 1.13 bits per heavy atom. The Morgan fingerprint density at radius 3 is 2.39 bits per heavy atom. The van der Waals surface area contributed by atoms with E-state index >= 15 is 0 Å². The second-order valence-corrected chi connectivity index (χ2v) is 8.11. The number of ether oxygens (including phenoxy) is 2. The molecule has 0 aliphatic heterocycles. The zero-order valence-corrected chi connectivity index (χ0v) is 15.8. The number of alkyl carbamates (subject to hydrolysis) is 1. The molecule has 0 saturated heterocycles. The molecule has 0 radical (unpaired) electrons. The van der Waals surface area contributed by atoms with Gasteiger partial charge in [-0.15, -0.1) is 0 Å². The molecule has 5 nitrogen and oxygen atoms in total. The van der Waals surface area contributed by atoms with Crippen molar-refractivity contribution in [2.75, 3.05) is 19.7 Å². The van der Waals surface area contributed by atoms with Crippen molar-refractivity contribution < 1.29 is 14.3 Å². The summed E-state index contributed by atoms with van der Waals surface area (Å²) in [5, 5.41) is 6.58. The monoisotopic (exact) mass is 328 g/mol. The van der Waals surface area contributed by atoms with Gasteiger partial charge in [0.05, 0.1) is 5.60 Å². The summed E-state index contributed by atoms with van der Waals surface area (Å²) in [5.41, 5.74) is -0.606. The Kier molecular flexibility index (Phi) is 7.81. The standard InChI is InChI=1S/C18H36N2O3/c1-7-22-18(5,6)13-20-15-11-9-8-10-14(15)12-19-16(21)23-17(2,3)4/h14-15,20H,7-13H2,1-6H3,(H,19,21). The summed E-state index contributed by atoms with van der Waals surface area (Å²) in [5.74, 6) is 0.452. The lowest BCUT2D eigenvalue weighted by atomic mass is 9.84. The predicted octanol–water partition coefficient (Wildman–Crippen LogP) is 3.47. The average molecular weight is 328 g/mol. The van der Waals surface area contributed by atoms with Crippen LogP contribution in [0.15, 0.2) is 0 Å². The minimum atomic E-state index is -0.449. The largest absolute Gasteiger partial charge is 0.444 e. The zero-order chi connectivity index (χ0) is 17.5. The van der Waals surface area contributed by atoms with Crippen molar-refractivity contribution in [3.63, 3.8) is 0 Å². The molecule has 2 unspecified atom stereocenters. The molecule has 0 aromatic carbocycles. The molecule has 136 valence electrons. The summed E-state index contributed by atoms with van der Waals surface area (Å²) in [6.45, 7) is 14.1. The maximum Gasteiger partial charge on any atom is 0.407 e. The fourth-order valence-electron chi connectivity index (χ4n) is 3.07. The van der Waals surface area contributed by atoms with Crippen molar-refractivity contribution in [3.05, 3.63) is 0 Å². The highest BCUT2D eigenvalue weighted by Gasteiger charge is 2.28. The summed E-state index contributed by atoms with van der Waals surface area (Å²) in [4.78, 5) is 11.8. The third-order valence-corrected chi connectivity index (χ3v) is 4.14. The molecule has 2 atom stereocenters. The van der Waals surface area contributed by atoms with E-state index in [0.717, 1.165) is 26.0 Å². The third-order valence-electron chi connectivity index (χ3n) is 4.14. The minimum absolute atomic E-state index is 0.157. The van der Waals surface area contributed by atoms with Gasteiger partial charge in [0.15, 0.2) is 0 Å². The predicted molar refractivity (Wildman–Crippen MR) is 93.7 cm³/mol. The smallest absolute Gasteiger partial charge is 0.407 e. The molecular weight excluding hydrogens is 292 g/mol. The summed E-state index contributed by atoms with van der Waals surface area (Å²) >= 11 is 0. The number of carbonyl (C=O) groups excluding carboxylic acids is 1. The Balaban J connectivity index is 2.44. The second kappa shape index (κ2) is 8.88. The Bertz CT molecular complexity index is 364. The van der Waals surface area contributed by atoms with Crippen LogP contribution in [0.4, 0.5) is 4.79 Å². The topological polar surface area (TPSA) is 59.6 Å². The number of carbonyl (C=O) groups is 1. The van der Waals surface area contributed by atoms with Crippen LogP contribution in [0.1, 0.15) is 67.2 Å². The summed E-state index contributed by atoms with van der Waals surface area (Å²) in [7, 11) is 0. The molecule has 0 aromatic rings. The number of rotatable bonds is 7. The van der Waals surface area contributed by atoms with Gasteiger partial charge in [-0.2, -0.15) is 0 Å². The highest BCUT2D eigenvalue weighted by atomic mass is 16.6. The molecule has 1 fully saturated rings. The van der Waals surface area contributed by atoms with Gasteiger partial charge in [0.25, 0.3) is 0 Å². The lowest BCUT2D eigenvalue weighted by Crippen LogP contribution is -2.49. The second-order valence-electron chi connectivity index (χ2n) is 8.11. The first-order chi connectivity index (χ1) is 10.6. The van der Waals surface area contributed by atoms with Crippen LogP contribution in [0, 0.1) is 5.92 Å². The maximum atomic E-state index is 11.8. The molecule has 1 saturated carbocycles. The van der Waals surface area contributed by atoms with E-state index in [0.29, 0.717) is 18.5 Å². The van der Waals surface area contributed by atoms with E-state index < -0.39 is 5.60 Å². The van der Waals surface area contributed by atoms with Crippen molar-refractivity contribution in [3.8, 4) is 0 Å². The summed E-state index contributed by atoms with van der Waals surface area (Å²) in [6, 6.07) is 0.429. The van der Waals surface area contributed by atoms with Crippen molar-refractivity contribution in [2.45, 2.75) is 84.5 Å². The van der Waals surface area contributed by atoms with Gasteiger partial charge in [-0.3, -0.25) is 0 Å². The SMILES string of the molecule is CCOC(C)(C)CNC1CCCCC1CNC(=O)OC(C)(C)C. The molecule has 0 aromatic heterocycles. The maximum absolute atomic E-state index is 11.8. The molecule has 23 heavy (non-hydrogen) atoms.